The van der Waals surface area contributed by atoms with Crippen molar-refractivity contribution >= 4 is 11.9 Å². The summed E-state index contributed by atoms with van der Waals surface area (Å²) in [5.74, 6) is -0.469. The number of hydrogen-bond donors (Lipinski definition) is 3. The van der Waals surface area contributed by atoms with Crippen molar-refractivity contribution in [2.75, 3.05) is 6.61 Å². The Balaban J connectivity index is 4.52. The van der Waals surface area contributed by atoms with Crippen molar-refractivity contribution in [1.29, 1.82) is 0 Å². The van der Waals surface area contributed by atoms with Gasteiger partial charge in [-0.1, -0.05) is 226 Å². The first-order valence-corrected chi connectivity index (χ1v) is 25.4. The number of carbonyl (C=O) groups is 2. The van der Waals surface area contributed by atoms with E-state index in [1.165, 1.54) is 180 Å². The fourth-order valence-electron chi connectivity index (χ4n) is 7.96. The molecule has 338 valence electrons. The van der Waals surface area contributed by atoms with E-state index in [2.05, 4.69) is 38.2 Å². The second kappa shape index (κ2) is 45.7. The minimum absolute atomic E-state index is 0.0812. The SMILES string of the molecule is CCCCC/C=C\CCCCCCCC(=O)OC(CCCCCCCCCCCCCC)CC(=O)NC(CO)C(O)CCCCCCCCCCCCCCCC. The topological polar surface area (TPSA) is 95.9 Å². The average Bonchev–Trinajstić information content (AvgIpc) is 3.20. The molecule has 0 aliphatic rings. The normalized spacial score (nSPS) is 13.3. The van der Waals surface area contributed by atoms with Crippen LogP contribution in [0.5, 0.6) is 0 Å². The summed E-state index contributed by atoms with van der Waals surface area (Å²) >= 11 is 0. The second-order valence-electron chi connectivity index (χ2n) is 17.6. The Kier molecular flexibility index (Phi) is 44.6. The summed E-state index contributed by atoms with van der Waals surface area (Å²) in [7, 11) is 0. The number of esters is 1. The summed E-state index contributed by atoms with van der Waals surface area (Å²) in [6.07, 6.45) is 49.8. The Morgan fingerprint density at radius 1 is 0.491 bits per heavy atom. The summed E-state index contributed by atoms with van der Waals surface area (Å²) in [4.78, 5) is 26.1. The standard InChI is InChI=1S/C51H99NO5/c1-4-7-10-13-16-19-22-25-26-28-31-34-37-40-43-49(54)48(46-53)52-50(55)45-47(42-39-36-33-30-27-23-20-17-14-11-8-5-2)57-51(56)44-41-38-35-32-29-24-21-18-15-12-9-6-3/h18,21,47-49,53-54H,4-17,19-20,22-46H2,1-3H3,(H,52,55)/b21-18-. The van der Waals surface area contributed by atoms with E-state index in [0.29, 0.717) is 19.3 Å². The molecule has 0 radical (unpaired) electrons. The molecule has 0 aliphatic heterocycles. The lowest BCUT2D eigenvalue weighted by atomic mass is 10.0. The maximum atomic E-state index is 13.2. The molecule has 6 heteroatoms. The van der Waals surface area contributed by atoms with Crippen LogP contribution in [0.25, 0.3) is 0 Å². The largest absolute Gasteiger partial charge is 0.462 e. The third-order valence-electron chi connectivity index (χ3n) is 11.8. The zero-order valence-electron chi connectivity index (χ0n) is 38.5. The molecule has 3 N–H and O–H groups in total. The van der Waals surface area contributed by atoms with Crippen molar-refractivity contribution < 1.29 is 24.5 Å². The molecule has 0 saturated heterocycles. The molecule has 0 aliphatic carbocycles. The first-order chi connectivity index (χ1) is 28.0. The van der Waals surface area contributed by atoms with E-state index >= 15 is 0 Å². The number of aliphatic hydroxyl groups is 2. The van der Waals surface area contributed by atoms with Crippen molar-refractivity contribution in [3.8, 4) is 0 Å². The highest BCUT2D eigenvalue weighted by atomic mass is 16.5. The summed E-state index contributed by atoms with van der Waals surface area (Å²) < 4.78 is 5.92. The Morgan fingerprint density at radius 3 is 1.28 bits per heavy atom. The number of allylic oxidation sites excluding steroid dienone is 2. The van der Waals surface area contributed by atoms with E-state index in [-0.39, 0.29) is 24.9 Å². The molecule has 3 atom stereocenters. The zero-order valence-corrected chi connectivity index (χ0v) is 38.5. The second-order valence-corrected chi connectivity index (χ2v) is 17.6. The van der Waals surface area contributed by atoms with Crippen LogP contribution in [0.1, 0.15) is 278 Å². The predicted octanol–water partition coefficient (Wildman–Crippen LogP) is 15.0. The monoisotopic (exact) mass is 806 g/mol. The summed E-state index contributed by atoms with van der Waals surface area (Å²) in [5.41, 5.74) is 0. The number of unbranched alkanes of at least 4 members (excludes halogenated alkanes) is 32. The maximum absolute atomic E-state index is 13.2. The molecule has 57 heavy (non-hydrogen) atoms. The van der Waals surface area contributed by atoms with Crippen molar-refractivity contribution in [3.63, 3.8) is 0 Å². The van der Waals surface area contributed by atoms with Gasteiger partial charge in [0.15, 0.2) is 0 Å². The van der Waals surface area contributed by atoms with Crippen LogP contribution in [0.2, 0.25) is 0 Å². The molecule has 3 unspecified atom stereocenters. The Labute approximate surface area is 355 Å². The molecule has 1 amide bonds. The number of ether oxygens (including phenoxy) is 1. The number of hydrogen-bond acceptors (Lipinski definition) is 5. The summed E-state index contributed by atoms with van der Waals surface area (Å²) in [6.45, 7) is 6.47. The average molecular weight is 806 g/mol. The summed E-state index contributed by atoms with van der Waals surface area (Å²) in [5, 5.41) is 23.8. The van der Waals surface area contributed by atoms with Gasteiger partial charge in [0.2, 0.25) is 5.91 Å². The van der Waals surface area contributed by atoms with Gasteiger partial charge in [-0.25, -0.2) is 0 Å². The smallest absolute Gasteiger partial charge is 0.306 e. The molecule has 0 saturated carbocycles. The number of amides is 1. The lowest BCUT2D eigenvalue weighted by Gasteiger charge is -2.24. The van der Waals surface area contributed by atoms with Gasteiger partial charge in [-0.15, -0.1) is 0 Å². The van der Waals surface area contributed by atoms with Gasteiger partial charge in [-0.2, -0.15) is 0 Å². The molecule has 0 aromatic carbocycles. The van der Waals surface area contributed by atoms with Crippen LogP contribution in [0.15, 0.2) is 12.2 Å². The minimum Gasteiger partial charge on any atom is -0.462 e. The van der Waals surface area contributed by atoms with Gasteiger partial charge in [0, 0.05) is 6.42 Å². The Morgan fingerprint density at radius 2 is 0.842 bits per heavy atom. The van der Waals surface area contributed by atoms with Gasteiger partial charge in [0.05, 0.1) is 25.2 Å². The van der Waals surface area contributed by atoms with Gasteiger partial charge in [0.1, 0.15) is 6.10 Å². The number of nitrogens with one attached hydrogen (secondary N) is 1. The first-order valence-electron chi connectivity index (χ1n) is 25.4. The van der Waals surface area contributed by atoms with Gasteiger partial charge >= 0.3 is 5.97 Å². The molecule has 0 bridgehead atoms. The van der Waals surface area contributed by atoms with E-state index in [9.17, 15) is 19.8 Å². The Bertz CT molecular complexity index is 863. The van der Waals surface area contributed by atoms with Crippen molar-refractivity contribution in [3.05, 3.63) is 12.2 Å². The van der Waals surface area contributed by atoms with Gasteiger partial charge in [-0.05, 0) is 51.4 Å². The van der Waals surface area contributed by atoms with Crippen LogP contribution in [-0.4, -0.2) is 46.9 Å². The van der Waals surface area contributed by atoms with Crippen LogP contribution in [0.3, 0.4) is 0 Å². The molecule has 0 aromatic rings. The zero-order chi connectivity index (χ0) is 41.7. The number of rotatable bonds is 46. The number of carbonyl (C=O) groups excluding carboxylic acids is 2. The van der Waals surface area contributed by atoms with Crippen LogP contribution in [-0.2, 0) is 14.3 Å². The minimum atomic E-state index is -0.782. The molecule has 0 aromatic heterocycles. The fourth-order valence-corrected chi connectivity index (χ4v) is 7.96. The van der Waals surface area contributed by atoms with Gasteiger partial charge in [0.25, 0.3) is 0 Å². The van der Waals surface area contributed by atoms with Crippen LogP contribution >= 0.6 is 0 Å². The molecule has 0 spiro atoms. The van der Waals surface area contributed by atoms with Gasteiger partial charge < -0.3 is 20.3 Å². The molecule has 0 heterocycles. The van der Waals surface area contributed by atoms with Crippen molar-refractivity contribution in [2.45, 2.75) is 296 Å². The maximum Gasteiger partial charge on any atom is 0.306 e. The van der Waals surface area contributed by atoms with Crippen LogP contribution in [0.4, 0.5) is 0 Å². The third-order valence-corrected chi connectivity index (χ3v) is 11.8. The highest BCUT2D eigenvalue weighted by Gasteiger charge is 2.24. The van der Waals surface area contributed by atoms with Crippen LogP contribution < -0.4 is 5.32 Å². The molecule has 0 rings (SSSR count). The number of aliphatic hydroxyl groups excluding tert-OH is 2. The van der Waals surface area contributed by atoms with Crippen molar-refractivity contribution in [2.24, 2.45) is 0 Å². The van der Waals surface area contributed by atoms with E-state index in [1.807, 2.05) is 0 Å². The fraction of sp³-hybridized carbons (Fsp3) is 0.922. The summed E-state index contributed by atoms with van der Waals surface area (Å²) in [6, 6.07) is -0.695. The van der Waals surface area contributed by atoms with E-state index < -0.39 is 18.2 Å². The van der Waals surface area contributed by atoms with E-state index in [1.54, 1.807) is 0 Å². The highest BCUT2D eigenvalue weighted by Crippen LogP contribution is 2.18. The molecular formula is C51H99NO5. The molecule has 0 fully saturated rings. The lowest BCUT2D eigenvalue weighted by Crippen LogP contribution is -2.46. The van der Waals surface area contributed by atoms with E-state index in [4.69, 9.17) is 4.74 Å². The van der Waals surface area contributed by atoms with E-state index in [0.717, 1.165) is 51.4 Å². The Hall–Kier alpha value is -1.40. The van der Waals surface area contributed by atoms with Gasteiger partial charge in [-0.3, -0.25) is 9.59 Å². The third kappa shape index (κ3) is 41.1. The quantitative estimate of drug-likeness (QED) is 0.0323. The lowest BCUT2D eigenvalue weighted by molar-refractivity contribution is -0.151. The highest BCUT2D eigenvalue weighted by molar-refractivity contribution is 5.77. The molecular weight excluding hydrogens is 707 g/mol. The first kappa shape index (κ1) is 55.6. The predicted molar refractivity (Wildman–Crippen MR) is 246 cm³/mol. The van der Waals surface area contributed by atoms with Crippen LogP contribution in [0, 0.1) is 0 Å². The molecule has 6 nitrogen and oxygen atoms in total. The van der Waals surface area contributed by atoms with Crippen molar-refractivity contribution in [1.82, 2.24) is 5.32 Å².